The van der Waals surface area contributed by atoms with Gasteiger partial charge in [-0.05, 0) is 171 Å². The van der Waals surface area contributed by atoms with Crippen molar-refractivity contribution >= 4 is 63.1 Å². The van der Waals surface area contributed by atoms with E-state index in [9.17, 15) is 41.8 Å². The van der Waals surface area contributed by atoms with E-state index in [1.165, 1.54) is 30.3 Å². The fourth-order valence-corrected chi connectivity index (χ4v) is 23.8. The fourth-order valence-electron chi connectivity index (χ4n) is 20.8. The highest BCUT2D eigenvalue weighted by Crippen LogP contribution is 2.54. The Balaban J connectivity index is 0.000000208. The van der Waals surface area contributed by atoms with Crippen LogP contribution in [0.1, 0.15) is 195 Å². The van der Waals surface area contributed by atoms with Gasteiger partial charge in [0, 0.05) is 158 Å². The highest BCUT2D eigenvalue weighted by atomic mass is 32.2. The average Bonchev–Trinajstić information content (AvgIpc) is 1.10. The van der Waals surface area contributed by atoms with E-state index >= 15 is 0 Å². The van der Waals surface area contributed by atoms with Crippen molar-refractivity contribution in [2.24, 2.45) is 57.1 Å². The number of hydrogen-bond acceptors (Lipinski definition) is 26. The van der Waals surface area contributed by atoms with Crippen molar-refractivity contribution in [3.8, 4) is 0 Å². The predicted octanol–water partition coefficient (Wildman–Crippen LogP) is 21.2. The third-order valence-corrected chi connectivity index (χ3v) is 30.8. The molecule has 7 aromatic rings. The largest absolute Gasteiger partial charge is 0.396 e. The summed E-state index contributed by atoms with van der Waals surface area (Å²) in [6.07, 6.45) is 21.6. The number of methoxy groups -OCH3 is 2. The number of Topliss-reactive ketones (excluding diaryl/α,β-unsaturated/α-hetero) is 2. The Bertz CT molecular complexity index is 5260. The topological polar surface area (TPSA) is 315 Å². The van der Waals surface area contributed by atoms with Crippen LogP contribution in [0, 0.1) is 64.6 Å². The number of aliphatic imine (C=N–C) groups is 1. The van der Waals surface area contributed by atoms with E-state index in [4.69, 9.17) is 90.9 Å². The smallest absolute Gasteiger partial charge is 0.180 e. The normalized spacial score (nSPS) is 26.5. The predicted molar refractivity (Wildman–Crippen MR) is 578 cm³/mol. The van der Waals surface area contributed by atoms with Gasteiger partial charge in [0.1, 0.15) is 40.7 Å². The first-order chi connectivity index (χ1) is 70.5. The Kier molecular flexibility index (Phi) is 54.2. The number of allylic oxidation sites excluding steroid dienone is 4. The van der Waals surface area contributed by atoms with Gasteiger partial charge >= 0.3 is 0 Å². The van der Waals surface area contributed by atoms with E-state index in [1.807, 2.05) is 135 Å². The van der Waals surface area contributed by atoms with Crippen LogP contribution in [-0.2, 0) is 84.3 Å². The van der Waals surface area contributed by atoms with Crippen LogP contribution >= 0.6 is 35.7 Å². The summed E-state index contributed by atoms with van der Waals surface area (Å²) in [6.45, 7) is 28.4. The zero-order valence-corrected chi connectivity index (χ0v) is 88.9. The second-order valence-corrected chi connectivity index (χ2v) is 41.4. The first kappa shape index (κ1) is 124. The number of ether oxygens (including phenoxy) is 11. The van der Waals surface area contributed by atoms with E-state index in [0.29, 0.717) is 183 Å². The number of nitrogens with two attached hydrogens (primary N) is 2. The number of rotatable bonds is 30. The van der Waals surface area contributed by atoms with Crippen LogP contribution in [0.3, 0.4) is 0 Å². The van der Waals surface area contributed by atoms with Crippen molar-refractivity contribution in [3.05, 3.63) is 297 Å². The summed E-state index contributed by atoms with van der Waals surface area (Å²) >= 11 is 8.92. The number of nitrogens with one attached hydrogen (secondary N) is 1. The summed E-state index contributed by atoms with van der Waals surface area (Å²) in [5, 5.41) is 41.6. The van der Waals surface area contributed by atoms with Crippen molar-refractivity contribution in [2.45, 2.75) is 215 Å². The molecule has 7 saturated heterocycles. The molecule has 31 heteroatoms. The highest BCUT2D eigenvalue weighted by molar-refractivity contribution is 8.14. The number of thioether (sulfide) groups is 2. The van der Waals surface area contributed by atoms with Crippen molar-refractivity contribution in [3.63, 3.8) is 0 Å². The Labute approximate surface area is 881 Å². The van der Waals surface area contributed by atoms with Crippen molar-refractivity contribution in [1.29, 1.82) is 0 Å². The molecule has 0 saturated carbocycles. The molecule has 0 amide bonds. The lowest BCUT2D eigenvalue weighted by Gasteiger charge is -2.48. The second kappa shape index (κ2) is 64.4. The number of ketones is 2. The lowest BCUT2D eigenvalue weighted by atomic mass is 9.63. The number of hydroxylamine groups is 1. The minimum absolute atomic E-state index is 0. The third kappa shape index (κ3) is 35.0. The Morgan fingerprint density at radius 1 is 0.537 bits per heavy atom. The molecule has 10 aliphatic heterocycles. The molecule has 9 N–H and O–H groups in total. The lowest BCUT2D eigenvalue weighted by molar-refractivity contribution is -0.139. The quantitative estimate of drug-likeness (QED) is 0.00418. The van der Waals surface area contributed by atoms with Crippen LogP contribution in [0.2, 0.25) is 0 Å². The SMILES string of the molecule is C.C/C=C/CCO.C/C=C/CCOCC(OC)OC.C/C=C/CCOCCNO.C[C@@H](O)[C@@H]1CCOC[C@@]1(CC(=S)CC(=O)c1ccccc1)c1ccccc1F.C[C@@H]1OC[C@@]2(c3ccccc3F)COCC[C@@H]12.C[C@@H]1ON=C2COCC[C@H]21.C[C@H](O)[C@@H]1CCOC[C@@]1(N)c1ccccc1F.C[C@H]1SC(CC(=O)c2ccccc2)=C[C@@]2(c3ccccc3F)COCC[C@@H]12.C[C@H]1SC(N)=N[C@@]2(c3ccccc3F)COCC[C@@H]12. The Morgan fingerprint density at radius 3 is 1.56 bits per heavy atom. The summed E-state index contributed by atoms with van der Waals surface area (Å²) in [5.74, 6) is -0.134. The molecule has 10 aliphatic rings. The first-order valence-electron chi connectivity index (χ1n) is 50.8. The third-order valence-electron chi connectivity index (χ3n) is 28.2. The van der Waals surface area contributed by atoms with Crippen LogP contribution in [-0.4, -0.2) is 229 Å². The number of aliphatic hydroxyl groups is 3. The molecular weight excluding hydrogens is 1940 g/mol. The zero-order chi connectivity index (χ0) is 106. The van der Waals surface area contributed by atoms with Gasteiger partial charge in [0.25, 0.3) is 0 Å². The molecule has 7 fully saturated rings. The van der Waals surface area contributed by atoms with Gasteiger partial charge in [-0.15, -0.1) is 11.8 Å². The summed E-state index contributed by atoms with van der Waals surface area (Å²) in [5.41, 5.74) is 16.5. The molecule has 147 heavy (non-hydrogen) atoms. The number of amidine groups is 1. The molecule has 0 spiro atoms. The van der Waals surface area contributed by atoms with Gasteiger partial charge in [0.05, 0.1) is 108 Å². The van der Waals surface area contributed by atoms with Gasteiger partial charge in [-0.1, -0.05) is 245 Å². The standard InChI is InChI=1S/C23H25FO3S.C23H23FO2S.C14H17FN2OS.C14H17FO2.C13H18FNO2.C9H18O3.C7H11NO2.C7H15NO2.C5H10O.CH4/c1-16(25)19-11-12-27-15-23(19,20-9-5-6-10-21(20)24)14-18(28)13-22(26)17-7-3-2-4-8-17;1-16-19-11-12-26-15-23(19,20-9-5-6-10-21(20)24)14-18(27-16)13-22(25)17-7-3-2-4-8-17;1-9-10-6-7-18-8-14(10,17-13(16)19-9)11-4-2-3-5-12(11)15;1-10-11-6-7-16-8-14(11,9-17-10)12-4-2-3-5-13(12)15;1-9(16)10-6-7-17-8-13(10,15)11-4-2-3-5-12(11)14;1-4-5-6-7-12-8-9(10-2)11-3;1-5-6-2-3-9-4-7(6)8-10-5;1-2-3-4-6-10-7-5-8-9;1-2-3-4-5-6;/h2-10,16,19,25H,11-15H2,1H3;2-10,14,16,19H,11-13,15H2,1H3;2-5,9-10H,6-8H2,1H3,(H2,16,17);2-5,10-11H,6-9H2,1H3;2-5,9-10,16H,6-8,15H2,1H3;4-5,9H,6-8H2,1-3H3;5-6H,2-4H2,1H3;2-3,8-9H,4-7H2,1H3;2-3,6H,4-5H2,1H3;1H4/b;;;;;5-4+;;2*3-2+;/t2*16-,19+,23-;9-,10+,14+;10-,11-,14-;9-,10-,13-;;5-,6-;;;/m11100.0.../s1. The number of aliphatic hydroxyl groups excluding tert-OH is 3. The van der Waals surface area contributed by atoms with Gasteiger partial charge in [0.15, 0.2) is 23.0 Å². The summed E-state index contributed by atoms with van der Waals surface area (Å²) in [6, 6.07) is 52.2. The molecule has 0 radical (unpaired) electrons. The van der Waals surface area contributed by atoms with E-state index in [0.717, 1.165) is 80.9 Å². The van der Waals surface area contributed by atoms with E-state index < -0.39 is 34.1 Å². The number of thiocarbonyl (C=S) groups is 1. The maximum absolute atomic E-state index is 14.8. The molecule has 0 aromatic heterocycles. The Morgan fingerprint density at radius 2 is 1.01 bits per heavy atom. The number of halogens is 5. The average molecular weight is 2100 g/mol. The van der Waals surface area contributed by atoms with Gasteiger partial charge in [0.2, 0.25) is 0 Å². The van der Waals surface area contributed by atoms with Crippen LogP contribution in [0.5, 0.6) is 0 Å². The number of oxime groups is 1. The van der Waals surface area contributed by atoms with Crippen molar-refractivity contribution in [1.82, 2.24) is 5.48 Å². The number of carbonyl (C=O) groups is 2. The summed E-state index contributed by atoms with van der Waals surface area (Å²) in [7, 11) is 3.20. The molecule has 7 aromatic carbocycles. The first-order valence-corrected chi connectivity index (χ1v) is 53.0. The van der Waals surface area contributed by atoms with Crippen molar-refractivity contribution in [2.75, 3.05) is 140 Å². The molecule has 23 nitrogen and oxygen atoms in total. The molecular formula is C116H158F5N5O18S3. The highest BCUT2D eigenvalue weighted by Gasteiger charge is 2.55. The number of fused-ring (bicyclic) bond motifs is 4. The number of hydrogen-bond donors (Lipinski definition) is 7. The summed E-state index contributed by atoms with van der Waals surface area (Å²) in [4.78, 5) is 36.6. The van der Waals surface area contributed by atoms with E-state index in [2.05, 4.69) is 50.0 Å². The second-order valence-electron chi connectivity index (χ2n) is 37.9. The van der Waals surface area contributed by atoms with Crippen molar-refractivity contribution < 1.29 is 109 Å². The maximum atomic E-state index is 14.8. The number of carbonyl (C=O) groups excluding carboxylic acids is 2. The Hall–Kier alpha value is -8.46. The van der Waals surface area contributed by atoms with Crippen LogP contribution in [0.4, 0.5) is 22.0 Å². The van der Waals surface area contributed by atoms with Gasteiger partial charge < -0.3 is 88.9 Å². The molecule has 0 bridgehead atoms. The van der Waals surface area contributed by atoms with Gasteiger partial charge in [-0.25, -0.2) is 32.4 Å². The molecule has 10 heterocycles. The zero-order valence-electron chi connectivity index (χ0n) is 86.5. The number of benzene rings is 7. The van der Waals surface area contributed by atoms with E-state index in [1.54, 1.807) is 124 Å². The van der Waals surface area contributed by atoms with Gasteiger partial charge in [-0.3, -0.25) is 9.59 Å². The lowest BCUT2D eigenvalue weighted by Crippen LogP contribution is -2.55. The molecule has 17 rings (SSSR count). The van der Waals surface area contributed by atoms with E-state index in [-0.39, 0.29) is 116 Å². The monoisotopic (exact) mass is 2100 g/mol. The molecule has 17 atom stereocenters. The molecule has 808 valence electrons. The summed E-state index contributed by atoms with van der Waals surface area (Å²) < 4.78 is 131. The van der Waals surface area contributed by atoms with Crippen LogP contribution in [0.25, 0.3) is 0 Å². The minimum Gasteiger partial charge on any atom is -0.396 e. The molecule has 0 aliphatic carbocycles. The minimum atomic E-state index is -0.947. The van der Waals surface area contributed by atoms with Gasteiger partial charge in [-0.2, -0.15) is 0 Å². The number of nitrogens with zero attached hydrogens (tertiary/aromatic N) is 2. The molecule has 0 unspecified atom stereocenters. The van der Waals surface area contributed by atoms with Crippen LogP contribution < -0.4 is 16.9 Å². The maximum Gasteiger partial charge on any atom is 0.180 e. The fraction of sp³-hybridized carbons (Fsp3) is 0.526. The van der Waals surface area contributed by atoms with Crippen LogP contribution in [0.15, 0.2) is 240 Å².